The highest BCUT2D eigenvalue weighted by Gasteiger charge is 2.47. The van der Waals surface area contributed by atoms with Crippen molar-refractivity contribution in [1.29, 1.82) is 0 Å². The van der Waals surface area contributed by atoms with Gasteiger partial charge in [-0.3, -0.25) is 0 Å². The van der Waals surface area contributed by atoms with Gasteiger partial charge in [0.15, 0.2) is 0 Å². The molecule has 460 valence electrons. The number of hydrogen-bond acceptors (Lipinski definition) is 4. The third-order valence-corrected chi connectivity index (χ3v) is 21.2. The summed E-state index contributed by atoms with van der Waals surface area (Å²) in [7, 11) is 0. The molecule has 15 rings (SSSR count). The van der Waals surface area contributed by atoms with Gasteiger partial charge >= 0.3 is 0 Å². The molecule has 0 saturated heterocycles. The van der Waals surface area contributed by atoms with Gasteiger partial charge in [0, 0.05) is 54.4 Å². The monoisotopic (exact) mass is 1230 g/mol. The Morgan fingerprint density at radius 1 is 0.301 bits per heavy atom. The molecule has 3 nitrogen and oxygen atoms in total. The summed E-state index contributed by atoms with van der Waals surface area (Å²) < 4.78 is 2.65. The van der Waals surface area contributed by atoms with Crippen LogP contribution in [0.4, 0.5) is 51.2 Å². The molecule has 0 N–H and O–H groups in total. The number of thiophene rings is 1. The van der Waals surface area contributed by atoms with E-state index in [-0.39, 0.29) is 33.8 Å². The summed E-state index contributed by atoms with van der Waals surface area (Å²) in [5.41, 5.74) is 23.8. The van der Waals surface area contributed by atoms with E-state index >= 15 is 0 Å². The van der Waals surface area contributed by atoms with Gasteiger partial charge in [-0.1, -0.05) is 262 Å². The second-order valence-corrected chi connectivity index (χ2v) is 32.5. The molecule has 1 aromatic heterocycles. The van der Waals surface area contributed by atoms with Crippen LogP contribution in [0.25, 0.3) is 64.7 Å². The normalized spacial score (nSPS) is 13.5. The summed E-state index contributed by atoms with van der Waals surface area (Å²) in [6.07, 6.45) is 0. The van der Waals surface area contributed by atoms with Gasteiger partial charge in [0.1, 0.15) is 0 Å². The van der Waals surface area contributed by atoms with Crippen molar-refractivity contribution < 1.29 is 0 Å². The smallest absolute Gasteiger partial charge is 0.264 e. The van der Waals surface area contributed by atoms with Gasteiger partial charge in [-0.15, -0.1) is 11.3 Å². The number of anilines is 9. The average molecular weight is 1230 g/mol. The van der Waals surface area contributed by atoms with E-state index in [2.05, 4.69) is 355 Å². The van der Waals surface area contributed by atoms with E-state index in [0.29, 0.717) is 0 Å². The lowest BCUT2D eigenvalue weighted by Crippen LogP contribution is -2.60. The van der Waals surface area contributed by atoms with Gasteiger partial charge in [0.2, 0.25) is 0 Å². The molecular weight excluding hydrogens is 1140 g/mol. The second-order valence-electron chi connectivity index (χ2n) is 31.5. The maximum atomic E-state index is 2.72. The van der Waals surface area contributed by atoms with Crippen molar-refractivity contribution in [2.45, 2.75) is 131 Å². The van der Waals surface area contributed by atoms with Crippen molar-refractivity contribution in [2.75, 3.05) is 14.7 Å². The van der Waals surface area contributed by atoms with Crippen LogP contribution in [0.15, 0.2) is 237 Å². The molecule has 0 fully saturated rings. The van der Waals surface area contributed by atoms with Gasteiger partial charge in [-0.25, -0.2) is 0 Å². The zero-order valence-corrected chi connectivity index (χ0v) is 57.7. The molecule has 5 heteroatoms. The van der Waals surface area contributed by atoms with Crippen LogP contribution in [0.5, 0.6) is 0 Å². The van der Waals surface area contributed by atoms with Gasteiger partial charge in [0.25, 0.3) is 6.71 Å². The summed E-state index contributed by atoms with van der Waals surface area (Å²) in [4.78, 5) is 7.89. The van der Waals surface area contributed by atoms with Gasteiger partial charge < -0.3 is 14.7 Å². The van der Waals surface area contributed by atoms with Crippen molar-refractivity contribution in [3.63, 3.8) is 0 Å². The minimum atomic E-state index is -0.136. The standard InChI is InChI=1S/C88H84BN3S/c1-84(2,3)57-39-43-76(71(50-57)55-38-42-70-68-35-23-22-33-66(68)67-34-24-25-36-69(67)72(70)48-55)91-77-44-40-59(86(7,8)9)52-74(77)89-81-78(91)53-64(90(62-28-18-16-19-29-62)63-30-20-17-21-31-63)54-79(81)92(82-73-51-58(85(4,5)6)41-45-80(73)93-83(82)89)75-37-27-26-32-65(75)56-46-60(87(10,11)12)49-61(47-56)88(13,14)15/h16-54H,1-15H3. The Kier molecular flexibility index (Phi) is 14.0. The first kappa shape index (κ1) is 60.1. The fourth-order valence-electron chi connectivity index (χ4n) is 14.7. The van der Waals surface area contributed by atoms with Crippen molar-refractivity contribution in [3.8, 4) is 22.3 Å². The molecule has 93 heavy (non-hydrogen) atoms. The number of benzene rings is 12. The molecule has 0 saturated carbocycles. The van der Waals surface area contributed by atoms with Crippen LogP contribution in [0.1, 0.15) is 132 Å². The lowest BCUT2D eigenvalue weighted by atomic mass is 9.36. The third-order valence-electron chi connectivity index (χ3n) is 19.9. The van der Waals surface area contributed by atoms with E-state index < -0.39 is 0 Å². The maximum Gasteiger partial charge on any atom is 0.264 e. The molecule has 2 aliphatic heterocycles. The Hall–Kier alpha value is -9.16. The lowest BCUT2D eigenvalue weighted by molar-refractivity contribution is 0.569. The van der Waals surface area contributed by atoms with Crippen LogP contribution in [0.2, 0.25) is 0 Å². The molecular formula is C88H84BN3S. The molecule has 13 aromatic rings. The molecule has 0 amide bonds. The highest BCUT2D eigenvalue weighted by Crippen LogP contribution is 2.55. The second kappa shape index (κ2) is 21.7. The number of nitrogens with zero attached hydrogens (tertiary/aromatic N) is 3. The highest BCUT2D eigenvalue weighted by atomic mass is 32.1. The van der Waals surface area contributed by atoms with Gasteiger partial charge in [-0.2, -0.15) is 0 Å². The predicted octanol–water partition coefficient (Wildman–Crippen LogP) is 23.7. The molecule has 12 aromatic carbocycles. The predicted molar refractivity (Wildman–Crippen MR) is 407 cm³/mol. The van der Waals surface area contributed by atoms with E-state index in [4.69, 9.17) is 0 Å². The molecule has 3 heterocycles. The number of fused-ring (bicyclic) bond motifs is 12. The van der Waals surface area contributed by atoms with Crippen LogP contribution >= 0.6 is 11.3 Å². The highest BCUT2D eigenvalue weighted by molar-refractivity contribution is 7.33. The van der Waals surface area contributed by atoms with E-state index in [1.807, 2.05) is 11.3 Å². The fraction of sp³-hybridized carbons (Fsp3) is 0.227. The van der Waals surface area contributed by atoms with Crippen molar-refractivity contribution in [3.05, 3.63) is 264 Å². The van der Waals surface area contributed by atoms with E-state index in [0.717, 1.165) is 34.1 Å². The summed E-state index contributed by atoms with van der Waals surface area (Å²) in [5, 5.41) is 8.89. The zero-order valence-electron chi connectivity index (χ0n) is 56.8. The first-order valence-corrected chi connectivity index (χ1v) is 34.2. The fourth-order valence-corrected chi connectivity index (χ4v) is 16.0. The summed E-state index contributed by atoms with van der Waals surface area (Å²) in [6.45, 7) is 35.3. The average Bonchev–Trinajstić information content (AvgIpc) is 1.68. The Morgan fingerprint density at radius 2 is 0.763 bits per heavy atom. The van der Waals surface area contributed by atoms with Crippen molar-refractivity contribution >= 4 is 127 Å². The molecule has 2 aliphatic rings. The molecule has 0 bridgehead atoms. The van der Waals surface area contributed by atoms with Crippen LogP contribution in [0.3, 0.4) is 0 Å². The first-order valence-electron chi connectivity index (χ1n) is 33.4. The van der Waals surface area contributed by atoms with Crippen LogP contribution in [-0.2, 0) is 27.1 Å². The molecule has 0 aliphatic carbocycles. The van der Waals surface area contributed by atoms with E-state index in [9.17, 15) is 0 Å². The number of rotatable bonds is 7. The maximum absolute atomic E-state index is 2.72. The Balaban J connectivity index is 1.11. The van der Waals surface area contributed by atoms with Crippen LogP contribution in [-0.4, -0.2) is 6.71 Å². The van der Waals surface area contributed by atoms with E-state index in [1.165, 1.54) is 125 Å². The number of para-hydroxylation sites is 3. The van der Waals surface area contributed by atoms with E-state index in [1.54, 1.807) is 0 Å². The first-order chi connectivity index (χ1) is 44.3. The lowest BCUT2D eigenvalue weighted by Gasteiger charge is -2.45. The topological polar surface area (TPSA) is 9.72 Å². The zero-order chi connectivity index (χ0) is 64.8. The molecule has 0 atom stereocenters. The quantitative estimate of drug-likeness (QED) is 0.116. The Morgan fingerprint density at radius 3 is 1.33 bits per heavy atom. The summed E-state index contributed by atoms with van der Waals surface area (Å²) >= 11 is 1.98. The van der Waals surface area contributed by atoms with Gasteiger partial charge in [0.05, 0.1) is 22.7 Å². The minimum absolute atomic E-state index is 0.0865. The summed E-state index contributed by atoms with van der Waals surface area (Å²) in [5.74, 6) is 0. The Labute approximate surface area is 556 Å². The van der Waals surface area contributed by atoms with Crippen molar-refractivity contribution in [2.24, 2.45) is 0 Å². The third kappa shape index (κ3) is 10.2. The Bertz CT molecular complexity index is 5030. The van der Waals surface area contributed by atoms with Crippen molar-refractivity contribution in [1.82, 2.24) is 0 Å². The largest absolute Gasteiger partial charge is 0.311 e. The summed E-state index contributed by atoms with van der Waals surface area (Å²) in [6, 6.07) is 91.3. The van der Waals surface area contributed by atoms with Crippen LogP contribution < -0.4 is 30.4 Å². The minimum Gasteiger partial charge on any atom is -0.311 e. The molecule has 0 unspecified atom stereocenters. The van der Waals surface area contributed by atoms with Gasteiger partial charge in [-0.05, 0) is 188 Å². The molecule has 0 spiro atoms. The van der Waals surface area contributed by atoms with Crippen LogP contribution in [0, 0.1) is 0 Å². The SMILES string of the molecule is CC(C)(C)c1cc(-c2ccccc2N2c3cc(N(c4ccccc4)c4ccccc4)cc4c3B(c3cc(C(C)(C)C)ccc3N4c3ccc(C(C)(C)C)cc3-c3ccc4c5ccccc5c5ccccc5c4c3)c3sc4ccc(C(C)(C)C)cc4c32)cc(C(C)(C)C)c1. The molecule has 0 radical (unpaired) electrons. The number of hydrogen-bond donors (Lipinski definition) is 0.